The van der Waals surface area contributed by atoms with Gasteiger partial charge in [-0.15, -0.1) is 0 Å². The predicted molar refractivity (Wildman–Crippen MR) is 59.0 cm³/mol. The van der Waals surface area contributed by atoms with Crippen molar-refractivity contribution in [2.24, 2.45) is 0 Å². The third-order valence-corrected chi connectivity index (χ3v) is 2.78. The summed E-state index contributed by atoms with van der Waals surface area (Å²) < 4.78 is 0. The van der Waals surface area contributed by atoms with E-state index in [-0.39, 0.29) is 0 Å². The minimum Gasteiger partial charge on any atom is -0.386 e. The topological polar surface area (TPSA) is 47.3 Å². The van der Waals surface area contributed by atoms with Crippen molar-refractivity contribution in [1.82, 2.24) is 0 Å². The smallest absolute Gasteiger partial charge is 0.0992 e. The van der Waals surface area contributed by atoms with E-state index in [1.165, 1.54) is 0 Å². The molecule has 0 unspecified atom stereocenters. The summed E-state index contributed by atoms with van der Waals surface area (Å²) in [6.45, 7) is 2.96. The van der Waals surface area contributed by atoms with Crippen molar-refractivity contribution in [3.8, 4) is 6.07 Å². The van der Waals surface area contributed by atoms with Gasteiger partial charge in [0.2, 0.25) is 0 Å². The van der Waals surface area contributed by atoms with E-state index in [2.05, 4.69) is 0 Å². The van der Waals surface area contributed by atoms with Crippen molar-refractivity contribution in [3.63, 3.8) is 0 Å². The maximum atomic E-state index is 9.60. The molecule has 78 valence electrons. The van der Waals surface area contributed by atoms with Crippen LogP contribution in [0.2, 0.25) is 5.02 Å². The number of benzene rings is 1. The van der Waals surface area contributed by atoms with Gasteiger partial charge in [-0.25, -0.2) is 0 Å². The van der Waals surface area contributed by atoms with Gasteiger partial charge in [0, 0.05) is 13.1 Å². The highest BCUT2D eigenvalue weighted by Crippen LogP contribution is 2.33. The summed E-state index contributed by atoms with van der Waals surface area (Å²) in [5.41, 5.74) is 0.815. The van der Waals surface area contributed by atoms with E-state index in [0.29, 0.717) is 23.7 Å². The van der Waals surface area contributed by atoms with E-state index in [1.807, 2.05) is 17.0 Å². The van der Waals surface area contributed by atoms with E-state index < -0.39 is 5.60 Å². The number of β-amino-alcohol motifs (C(OH)–C–C–N with tert-alkyl or cyclic N) is 1. The Hall–Kier alpha value is -1.24. The summed E-state index contributed by atoms with van der Waals surface area (Å²) in [6, 6.07) is 7.22. The molecule has 1 aliphatic heterocycles. The lowest BCUT2D eigenvalue weighted by atomic mass is 9.96. The molecule has 0 spiro atoms. The highest BCUT2D eigenvalue weighted by molar-refractivity contribution is 6.33. The molecule has 0 aromatic heterocycles. The summed E-state index contributed by atoms with van der Waals surface area (Å²) in [6.07, 6.45) is 0. The van der Waals surface area contributed by atoms with Crippen LogP contribution in [0.25, 0.3) is 0 Å². The van der Waals surface area contributed by atoms with Gasteiger partial charge in [-0.05, 0) is 25.1 Å². The summed E-state index contributed by atoms with van der Waals surface area (Å²) in [5.74, 6) is 0. The van der Waals surface area contributed by atoms with Gasteiger partial charge in [0.15, 0.2) is 0 Å². The minimum absolute atomic E-state index is 0.552. The monoisotopic (exact) mass is 222 g/mol. The van der Waals surface area contributed by atoms with Crippen LogP contribution in [-0.4, -0.2) is 23.8 Å². The van der Waals surface area contributed by atoms with Crippen LogP contribution in [0.4, 0.5) is 5.69 Å². The van der Waals surface area contributed by atoms with Crippen molar-refractivity contribution in [2.45, 2.75) is 12.5 Å². The Morgan fingerprint density at radius 1 is 1.53 bits per heavy atom. The summed E-state index contributed by atoms with van der Waals surface area (Å²) in [4.78, 5) is 1.99. The summed E-state index contributed by atoms with van der Waals surface area (Å²) in [7, 11) is 0. The van der Waals surface area contributed by atoms with Crippen molar-refractivity contribution in [3.05, 3.63) is 28.8 Å². The number of nitrogens with zero attached hydrogens (tertiary/aromatic N) is 2. The Morgan fingerprint density at radius 2 is 2.20 bits per heavy atom. The van der Waals surface area contributed by atoms with Crippen LogP contribution in [0.3, 0.4) is 0 Å². The molecule has 1 saturated heterocycles. The molecule has 3 nitrogen and oxygen atoms in total. The molecule has 1 N–H and O–H groups in total. The van der Waals surface area contributed by atoms with E-state index in [1.54, 1.807) is 19.1 Å². The van der Waals surface area contributed by atoms with Gasteiger partial charge in [-0.1, -0.05) is 11.6 Å². The molecule has 2 rings (SSSR count). The third kappa shape index (κ3) is 1.92. The highest BCUT2D eigenvalue weighted by atomic mass is 35.5. The molecular formula is C11H11ClN2O. The lowest BCUT2D eigenvalue weighted by molar-refractivity contribution is 0.0310. The molecule has 0 aliphatic carbocycles. The highest BCUT2D eigenvalue weighted by Gasteiger charge is 2.37. The van der Waals surface area contributed by atoms with Crippen LogP contribution in [0, 0.1) is 11.3 Å². The molecule has 1 heterocycles. The summed E-state index contributed by atoms with van der Waals surface area (Å²) >= 11 is 6.03. The van der Waals surface area contributed by atoms with E-state index in [4.69, 9.17) is 16.9 Å². The number of aliphatic hydroxyl groups is 1. The van der Waals surface area contributed by atoms with Gasteiger partial charge >= 0.3 is 0 Å². The van der Waals surface area contributed by atoms with Crippen molar-refractivity contribution in [2.75, 3.05) is 18.0 Å². The molecule has 0 bridgehead atoms. The number of anilines is 1. The number of hydrogen-bond donors (Lipinski definition) is 1. The molecule has 15 heavy (non-hydrogen) atoms. The molecule has 1 aromatic carbocycles. The molecule has 0 atom stereocenters. The normalized spacial score (nSPS) is 18.1. The maximum Gasteiger partial charge on any atom is 0.0992 e. The lowest BCUT2D eigenvalue weighted by Crippen LogP contribution is -2.60. The lowest BCUT2D eigenvalue weighted by Gasteiger charge is -2.46. The molecule has 0 radical (unpaired) electrons. The largest absolute Gasteiger partial charge is 0.386 e. The zero-order valence-corrected chi connectivity index (χ0v) is 9.12. The minimum atomic E-state index is -0.614. The molecule has 1 aromatic rings. The maximum absolute atomic E-state index is 9.60. The van der Waals surface area contributed by atoms with Crippen molar-refractivity contribution < 1.29 is 5.11 Å². The molecule has 1 aliphatic rings. The van der Waals surface area contributed by atoms with Crippen LogP contribution in [0.5, 0.6) is 0 Å². The molecule has 4 heteroatoms. The Kier molecular flexibility index (Phi) is 2.34. The second-order valence-electron chi connectivity index (χ2n) is 4.13. The number of nitriles is 1. The Bertz CT molecular complexity index is 429. The number of halogens is 1. The average Bonchev–Trinajstić information content (AvgIpc) is 2.14. The van der Waals surface area contributed by atoms with Crippen molar-refractivity contribution in [1.29, 1.82) is 5.26 Å². The first-order valence-electron chi connectivity index (χ1n) is 4.69. The van der Waals surface area contributed by atoms with Crippen LogP contribution >= 0.6 is 11.6 Å². The Morgan fingerprint density at radius 3 is 2.67 bits per heavy atom. The molecule has 0 amide bonds. The zero-order valence-electron chi connectivity index (χ0n) is 8.37. The first-order valence-corrected chi connectivity index (χ1v) is 5.07. The second kappa shape index (κ2) is 3.41. The first-order chi connectivity index (χ1) is 7.02. The number of rotatable bonds is 1. The van der Waals surface area contributed by atoms with E-state index >= 15 is 0 Å². The van der Waals surface area contributed by atoms with Gasteiger partial charge in [0.1, 0.15) is 0 Å². The number of hydrogen-bond acceptors (Lipinski definition) is 3. The third-order valence-electron chi connectivity index (χ3n) is 2.48. The Balaban J connectivity index is 2.21. The van der Waals surface area contributed by atoms with Crippen molar-refractivity contribution >= 4 is 17.3 Å². The Labute approximate surface area is 93.5 Å². The standard InChI is InChI=1S/C11H11ClN2O/c1-11(15)6-14(7-11)10-3-2-8(5-13)4-9(10)12/h2-4,15H,6-7H2,1H3. The van der Waals surface area contributed by atoms with Gasteiger partial charge < -0.3 is 10.0 Å². The fraction of sp³-hybridized carbons (Fsp3) is 0.364. The SMILES string of the molecule is CC1(O)CN(c2ccc(C#N)cc2Cl)C1. The van der Waals surface area contributed by atoms with Crippen LogP contribution in [-0.2, 0) is 0 Å². The van der Waals surface area contributed by atoms with Gasteiger partial charge in [0.25, 0.3) is 0 Å². The molecule has 1 fully saturated rings. The van der Waals surface area contributed by atoms with Gasteiger partial charge in [0.05, 0.1) is 27.9 Å². The average molecular weight is 223 g/mol. The predicted octanol–water partition coefficient (Wildman–Crippen LogP) is 1.78. The van der Waals surface area contributed by atoms with Gasteiger partial charge in [-0.3, -0.25) is 0 Å². The zero-order chi connectivity index (χ0) is 11.1. The van der Waals surface area contributed by atoms with E-state index in [0.717, 1.165) is 5.69 Å². The quantitative estimate of drug-likeness (QED) is 0.788. The van der Waals surface area contributed by atoms with Gasteiger partial charge in [-0.2, -0.15) is 5.26 Å². The summed E-state index contributed by atoms with van der Waals surface area (Å²) in [5, 5.41) is 18.8. The molecule has 0 saturated carbocycles. The fourth-order valence-electron chi connectivity index (χ4n) is 1.78. The fourth-order valence-corrected chi connectivity index (χ4v) is 2.08. The van der Waals surface area contributed by atoms with Crippen LogP contribution < -0.4 is 4.90 Å². The first kappa shape index (κ1) is 10.3. The van der Waals surface area contributed by atoms with Crippen LogP contribution in [0.15, 0.2) is 18.2 Å². The van der Waals surface area contributed by atoms with Crippen LogP contribution in [0.1, 0.15) is 12.5 Å². The molecular weight excluding hydrogens is 212 g/mol. The van der Waals surface area contributed by atoms with E-state index in [9.17, 15) is 5.11 Å². The second-order valence-corrected chi connectivity index (χ2v) is 4.54.